The summed E-state index contributed by atoms with van der Waals surface area (Å²) >= 11 is 2.95. The molecule has 2 rings (SSSR count). The van der Waals surface area contributed by atoms with Gasteiger partial charge in [-0.3, -0.25) is 0 Å². The van der Waals surface area contributed by atoms with E-state index in [9.17, 15) is 8.78 Å². The molecule has 21 heavy (non-hydrogen) atoms. The quantitative estimate of drug-likeness (QED) is 0.813. The van der Waals surface area contributed by atoms with Crippen LogP contribution in [-0.4, -0.2) is 23.3 Å². The second-order valence-corrected chi connectivity index (χ2v) is 5.64. The molecule has 1 unspecified atom stereocenters. The summed E-state index contributed by atoms with van der Waals surface area (Å²) in [6, 6.07) is 2.19. The Balaban J connectivity index is 2.34. The molecule has 1 atom stereocenters. The predicted molar refractivity (Wildman–Crippen MR) is 80.9 cm³/mol. The molecule has 7 heteroatoms. The number of nitrogens with zero attached hydrogens (tertiary/aromatic N) is 2. The van der Waals surface area contributed by atoms with E-state index < -0.39 is 11.6 Å². The largest absolute Gasteiger partial charge is 0.383 e. The number of ether oxygens (including phenoxy) is 1. The molecular weight excluding hydrogens is 344 g/mol. The van der Waals surface area contributed by atoms with Crippen LogP contribution < -0.4 is 5.32 Å². The minimum atomic E-state index is -0.560. The fourth-order valence-electron chi connectivity index (χ4n) is 2.00. The molecule has 2 aromatic rings. The van der Waals surface area contributed by atoms with Crippen LogP contribution in [-0.2, 0) is 4.74 Å². The second kappa shape index (κ2) is 6.53. The molecule has 0 spiro atoms. The number of aromatic nitrogens is 2. The van der Waals surface area contributed by atoms with Crippen molar-refractivity contribution < 1.29 is 13.5 Å². The van der Waals surface area contributed by atoms with E-state index in [1.54, 1.807) is 7.11 Å². The predicted octanol–water partition coefficient (Wildman–Crippen LogP) is 4.18. The van der Waals surface area contributed by atoms with Crippen LogP contribution in [0.4, 0.5) is 20.4 Å². The minimum Gasteiger partial charge on any atom is -0.383 e. The number of hydrogen-bond donors (Lipinski definition) is 1. The van der Waals surface area contributed by atoms with Gasteiger partial charge in [-0.2, -0.15) is 0 Å². The van der Waals surface area contributed by atoms with E-state index in [0.29, 0.717) is 12.6 Å². The van der Waals surface area contributed by atoms with Crippen molar-refractivity contribution in [1.82, 2.24) is 9.55 Å². The summed E-state index contributed by atoms with van der Waals surface area (Å²) in [5, 5.41) is 2.83. The summed E-state index contributed by atoms with van der Waals surface area (Å²) in [5.74, 6) is -0.661. The Bertz CT molecular complexity index is 645. The van der Waals surface area contributed by atoms with Crippen molar-refractivity contribution in [3.8, 4) is 0 Å². The van der Waals surface area contributed by atoms with Crippen molar-refractivity contribution in [1.29, 1.82) is 0 Å². The van der Waals surface area contributed by atoms with Crippen LogP contribution in [0.15, 0.2) is 22.8 Å². The van der Waals surface area contributed by atoms with E-state index in [1.165, 1.54) is 0 Å². The molecule has 1 N–H and O–H groups in total. The maximum atomic E-state index is 13.9. The first kappa shape index (κ1) is 15.9. The lowest BCUT2D eigenvalue weighted by Gasteiger charge is -2.16. The number of aryl methyl sites for hydroxylation is 1. The number of methoxy groups -OCH3 is 1. The molecule has 4 nitrogen and oxygen atoms in total. The van der Waals surface area contributed by atoms with Crippen molar-refractivity contribution in [2.24, 2.45) is 0 Å². The van der Waals surface area contributed by atoms with Crippen molar-refractivity contribution in [3.63, 3.8) is 0 Å². The van der Waals surface area contributed by atoms with E-state index in [0.717, 1.165) is 17.8 Å². The summed E-state index contributed by atoms with van der Waals surface area (Å²) in [6.45, 7) is 4.27. The Labute approximate surface area is 130 Å². The van der Waals surface area contributed by atoms with Gasteiger partial charge in [0.25, 0.3) is 0 Å². The zero-order valence-electron chi connectivity index (χ0n) is 12.0. The number of halogens is 3. The summed E-state index contributed by atoms with van der Waals surface area (Å²) in [5.41, 5.74) is 0.811. The highest BCUT2D eigenvalue weighted by Crippen LogP contribution is 2.27. The van der Waals surface area contributed by atoms with Crippen LogP contribution in [0.2, 0.25) is 0 Å². The van der Waals surface area contributed by atoms with Gasteiger partial charge < -0.3 is 14.6 Å². The average Bonchev–Trinajstić information content (AvgIpc) is 2.77. The van der Waals surface area contributed by atoms with Crippen LogP contribution in [0.3, 0.4) is 0 Å². The van der Waals surface area contributed by atoms with Gasteiger partial charge in [0, 0.05) is 19.4 Å². The number of imidazole rings is 1. The smallest absolute Gasteiger partial charge is 0.207 e. The van der Waals surface area contributed by atoms with Gasteiger partial charge in [-0.25, -0.2) is 13.8 Å². The molecule has 1 heterocycles. The van der Waals surface area contributed by atoms with Crippen LogP contribution in [0.1, 0.15) is 18.7 Å². The van der Waals surface area contributed by atoms with E-state index in [4.69, 9.17) is 4.74 Å². The third-order valence-electron chi connectivity index (χ3n) is 2.99. The highest BCUT2D eigenvalue weighted by atomic mass is 79.9. The zero-order chi connectivity index (χ0) is 15.6. The highest BCUT2D eigenvalue weighted by Gasteiger charge is 2.15. The maximum Gasteiger partial charge on any atom is 0.207 e. The Morgan fingerprint density at radius 3 is 2.76 bits per heavy atom. The normalized spacial score (nSPS) is 12.5. The monoisotopic (exact) mass is 359 g/mol. The molecule has 0 radical (unpaired) electrons. The Morgan fingerprint density at radius 2 is 2.10 bits per heavy atom. The van der Waals surface area contributed by atoms with Crippen molar-refractivity contribution in [3.05, 3.63) is 40.1 Å². The molecule has 0 aliphatic carbocycles. The van der Waals surface area contributed by atoms with E-state index in [2.05, 4.69) is 26.2 Å². The summed E-state index contributed by atoms with van der Waals surface area (Å²) < 4.78 is 34.5. The van der Waals surface area contributed by atoms with E-state index in [1.807, 2.05) is 24.6 Å². The Morgan fingerprint density at radius 1 is 1.38 bits per heavy atom. The van der Waals surface area contributed by atoms with E-state index >= 15 is 0 Å². The lowest BCUT2D eigenvalue weighted by molar-refractivity contribution is 0.163. The lowest BCUT2D eigenvalue weighted by Crippen LogP contribution is -2.13. The molecule has 1 aromatic heterocycles. The van der Waals surface area contributed by atoms with Gasteiger partial charge in [-0.1, -0.05) is 0 Å². The van der Waals surface area contributed by atoms with Crippen molar-refractivity contribution >= 4 is 27.6 Å². The highest BCUT2D eigenvalue weighted by molar-refractivity contribution is 9.10. The molecule has 1 aromatic carbocycles. The first-order chi connectivity index (χ1) is 9.92. The lowest BCUT2D eigenvalue weighted by atomic mass is 10.3. The summed E-state index contributed by atoms with van der Waals surface area (Å²) in [6.07, 6.45) is 1.83. The Hall–Kier alpha value is -1.47. The third-order valence-corrected chi connectivity index (χ3v) is 3.60. The van der Waals surface area contributed by atoms with Gasteiger partial charge in [0.2, 0.25) is 5.95 Å². The van der Waals surface area contributed by atoms with Crippen LogP contribution in [0.5, 0.6) is 0 Å². The third kappa shape index (κ3) is 3.59. The van der Waals surface area contributed by atoms with Crippen LogP contribution in [0, 0.1) is 18.6 Å². The van der Waals surface area contributed by atoms with Crippen LogP contribution >= 0.6 is 15.9 Å². The number of nitrogens with one attached hydrogen (secondary N) is 1. The van der Waals surface area contributed by atoms with Gasteiger partial charge in [0.05, 0.1) is 28.5 Å². The second-order valence-electron chi connectivity index (χ2n) is 4.79. The zero-order valence-corrected chi connectivity index (χ0v) is 13.5. The fourth-order valence-corrected chi connectivity index (χ4v) is 2.32. The van der Waals surface area contributed by atoms with Crippen molar-refractivity contribution in [2.75, 3.05) is 19.0 Å². The molecule has 0 saturated heterocycles. The number of benzene rings is 1. The summed E-state index contributed by atoms with van der Waals surface area (Å²) in [4.78, 5) is 4.30. The van der Waals surface area contributed by atoms with E-state index in [-0.39, 0.29) is 16.2 Å². The van der Waals surface area contributed by atoms with Gasteiger partial charge in [0.15, 0.2) is 0 Å². The molecule has 0 fully saturated rings. The Kier molecular flexibility index (Phi) is 4.95. The molecule has 114 valence electrons. The molecule has 0 amide bonds. The molecule has 0 saturated carbocycles. The molecule has 0 aliphatic rings. The number of rotatable bonds is 5. The van der Waals surface area contributed by atoms with Crippen LogP contribution in [0.25, 0.3) is 0 Å². The van der Waals surface area contributed by atoms with Gasteiger partial charge in [-0.15, -0.1) is 0 Å². The van der Waals surface area contributed by atoms with Gasteiger partial charge >= 0.3 is 0 Å². The topological polar surface area (TPSA) is 39.1 Å². The first-order valence-electron chi connectivity index (χ1n) is 6.38. The van der Waals surface area contributed by atoms with Gasteiger partial charge in [-0.05, 0) is 35.8 Å². The minimum absolute atomic E-state index is 0.0158. The van der Waals surface area contributed by atoms with Crippen molar-refractivity contribution in [2.45, 2.75) is 19.9 Å². The maximum absolute atomic E-state index is 13.9. The molecule has 0 aliphatic heterocycles. The first-order valence-corrected chi connectivity index (χ1v) is 7.17. The fraction of sp³-hybridized carbons (Fsp3) is 0.357. The standard InChI is InChI=1S/C14H16BrF2N3O/c1-8-6-20(9(2)7-21-3)14(18-8)19-13-5-11(16)10(15)4-12(13)17/h4-6,9H,7H2,1-3H3,(H,18,19). The average molecular weight is 360 g/mol. The summed E-state index contributed by atoms with van der Waals surface area (Å²) in [7, 11) is 1.61. The van der Waals surface area contributed by atoms with Gasteiger partial charge in [0.1, 0.15) is 11.6 Å². The molecular formula is C14H16BrF2N3O. The molecule has 0 bridgehead atoms. The SMILES string of the molecule is COCC(C)n1cc(C)nc1Nc1cc(F)c(Br)cc1F. The number of anilines is 2. The number of hydrogen-bond acceptors (Lipinski definition) is 3.